The lowest BCUT2D eigenvalue weighted by molar-refractivity contribution is 0.0376. The van der Waals surface area contributed by atoms with Crippen molar-refractivity contribution in [3.63, 3.8) is 0 Å². The minimum absolute atomic E-state index is 0.0409. The van der Waals surface area contributed by atoms with Crippen LogP contribution < -0.4 is 11.1 Å². The molecule has 1 heterocycles. The Labute approximate surface area is 153 Å². The van der Waals surface area contributed by atoms with Crippen molar-refractivity contribution < 1.29 is 4.74 Å². The molecule has 5 nitrogen and oxygen atoms in total. The summed E-state index contributed by atoms with van der Waals surface area (Å²) in [5.74, 6) is 0.530. The van der Waals surface area contributed by atoms with Crippen LogP contribution in [0.2, 0.25) is 0 Å². The molecule has 1 fully saturated rings. The first-order valence-electron chi connectivity index (χ1n) is 8.57. The summed E-state index contributed by atoms with van der Waals surface area (Å²) in [5, 5.41) is 3.22. The standard InChI is InChI=1S/C18H29BrN4O/c1-18(2,15-4-6-16(19)7-5-15)14-22-17(20)21-8-3-9-23-10-12-24-13-11-23/h4-7H,3,8-14H2,1-2H3,(H3,20,21,22). The van der Waals surface area contributed by atoms with Gasteiger partial charge in [-0.1, -0.05) is 41.9 Å². The number of ether oxygens (including phenoxy) is 1. The fourth-order valence-corrected chi connectivity index (χ4v) is 2.94. The smallest absolute Gasteiger partial charge is 0.188 e. The summed E-state index contributed by atoms with van der Waals surface area (Å²) in [7, 11) is 0. The Morgan fingerprint density at radius 3 is 2.62 bits per heavy atom. The number of hydrogen-bond acceptors (Lipinski definition) is 3. The summed E-state index contributed by atoms with van der Waals surface area (Å²) in [6.45, 7) is 10.7. The maximum absolute atomic E-state index is 6.00. The number of aliphatic imine (C=N–C) groups is 1. The molecular weight excluding hydrogens is 368 g/mol. The molecule has 134 valence electrons. The highest BCUT2D eigenvalue weighted by Crippen LogP contribution is 2.25. The van der Waals surface area contributed by atoms with E-state index in [4.69, 9.17) is 10.5 Å². The van der Waals surface area contributed by atoms with Crippen molar-refractivity contribution >= 4 is 21.9 Å². The van der Waals surface area contributed by atoms with Gasteiger partial charge in [0.2, 0.25) is 0 Å². The molecule has 0 spiro atoms. The average Bonchev–Trinajstić information content (AvgIpc) is 2.58. The SMILES string of the molecule is CC(C)(CN=C(N)NCCCN1CCOCC1)c1ccc(Br)cc1. The molecule has 1 aliphatic heterocycles. The van der Waals surface area contributed by atoms with Gasteiger partial charge in [0.15, 0.2) is 5.96 Å². The van der Waals surface area contributed by atoms with E-state index in [-0.39, 0.29) is 5.41 Å². The van der Waals surface area contributed by atoms with Crippen molar-refractivity contribution in [2.75, 3.05) is 45.9 Å². The van der Waals surface area contributed by atoms with Crippen LogP contribution in [-0.4, -0.2) is 56.8 Å². The van der Waals surface area contributed by atoms with Crippen LogP contribution in [0.1, 0.15) is 25.8 Å². The van der Waals surface area contributed by atoms with Gasteiger partial charge in [-0.05, 0) is 30.7 Å². The first-order chi connectivity index (χ1) is 11.5. The van der Waals surface area contributed by atoms with E-state index in [1.54, 1.807) is 0 Å². The Hall–Kier alpha value is -1.11. The Balaban J connectivity index is 1.71. The van der Waals surface area contributed by atoms with E-state index >= 15 is 0 Å². The zero-order valence-electron chi connectivity index (χ0n) is 14.7. The van der Waals surface area contributed by atoms with Crippen LogP contribution >= 0.6 is 15.9 Å². The largest absolute Gasteiger partial charge is 0.379 e. The van der Waals surface area contributed by atoms with Crippen LogP contribution in [0.25, 0.3) is 0 Å². The molecule has 6 heteroatoms. The Morgan fingerprint density at radius 2 is 1.96 bits per heavy atom. The first kappa shape index (κ1) is 19.2. The molecule has 0 saturated carbocycles. The van der Waals surface area contributed by atoms with Crippen molar-refractivity contribution in [1.29, 1.82) is 0 Å². The molecule has 1 saturated heterocycles. The van der Waals surface area contributed by atoms with Crippen LogP contribution in [0, 0.1) is 0 Å². The van der Waals surface area contributed by atoms with E-state index in [1.807, 2.05) is 0 Å². The van der Waals surface area contributed by atoms with Crippen molar-refractivity contribution in [1.82, 2.24) is 10.2 Å². The Bertz CT molecular complexity index is 524. The summed E-state index contributed by atoms with van der Waals surface area (Å²) in [6, 6.07) is 8.39. The fourth-order valence-electron chi connectivity index (χ4n) is 2.67. The molecular formula is C18H29BrN4O. The van der Waals surface area contributed by atoms with E-state index in [1.165, 1.54) is 5.56 Å². The van der Waals surface area contributed by atoms with Gasteiger partial charge < -0.3 is 15.8 Å². The average molecular weight is 397 g/mol. The van der Waals surface area contributed by atoms with Gasteiger partial charge in [0.1, 0.15) is 0 Å². The van der Waals surface area contributed by atoms with Crippen molar-refractivity contribution in [3.05, 3.63) is 34.3 Å². The molecule has 2 rings (SSSR count). The molecule has 1 aliphatic rings. The van der Waals surface area contributed by atoms with Crippen LogP contribution in [0.5, 0.6) is 0 Å². The molecule has 0 aromatic heterocycles. The summed E-state index contributed by atoms with van der Waals surface area (Å²) >= 11 is 3.47. The predicted octanol–water partition coefficient (Wildman–Crippen LogP) is 2.35. The van der Waals surface area contributed by atoms with Crippen molar-refractivity contribution in [2.45, 2.75) is 25.7 Å². The lowest BCUT2D eigenvalue weighted by Gasteiger charge is -2.26. The van der Waals surface area contributed by atoms with Crippen LogP contribution in [0.4, 0.5) is 0 Å². The van der Waals surface area contributed by atoms with Gasteiger partial charge in [0.05, 0.1) is 19.8 Å². The summed E-state index contributed by atoms with van der Waals surface area (Å²) in [4.78, 5) is 6.94. The highest BCUT2D eigenvalue weighted by Gasteiger charge is 2.20. The molecule has 0 bridgehead atoms. The fraction of sp³-hybridized carbons (Fsp3) is 0.611. The minimum atomic E-state index is -0.0409. The third kappa shape index (κ3) is 6.42. The van der Waals surface area contributed by atoms with Gasteiger partial charge in [-0.15, -0.1) is 0 Å². The number of morpholine rings is 1. The van der Waals surface area contributed by atoms with E-state index < -0.39 is 0 Å². The Kier molecular flexibility index (Phi) is 7.52. The van der Waals surface area contributed by atoms with E-state index in [0.29, 0.717) is 12.5 Å². The highest BCUT2D eigenvalue weighted by molar-refractivity contribution is 9.10. The first-order valence-corrected chi connectivity index (χ1v) is 9.36. The van der Waals surface area contributed by atoms with E-state index in [0.717, 1.165) is 50.3 Å². The number of nitrogens with zero attached hydrogens (tertiary/aromatic N) is 2. The number of nitrogens with two attached hydrogens (primary N) is 1. The second-order valence-corrected chi connectivity index (χ2v) is 7.74. The lowest BCUT2D eigenvalue weighted by Crippen LogP contribution is -2.39. The summed E-state index contributed by atoms with van der Waals surface area (Å²) in [6.07, 6.45) is 1.06. The van der Waals surface area contributed by atoms with Crippen LogP contribution in [0.15, 0.2) is 33.7 Å². The number of rotatable bonds is 7. The molecule has 1 aromatic rings. The predicted molar refractivity (Wildman–Crippen MR) is 104 cm³/mol. The molecule has 3 N–H and O–H groups in total. The molecule has 0 radical (unpaired) electrons. The summed E-state index contributed by atoms with van der Waals surface area (Å²) in [5.41, 5.74) is 7.22. The van der Waals surface area contributed by atoms with Crippen molar-refractivity contribution in [3.8, 4) is 0 Å². The van der Waals surface area contributed by atoms with E-state index in [2.05, 4.69) is 69.3 Å². The Morgan fingerprint density at radius 1 is 1.29 bits per heavy atom. The maximum atomic E-state index is 6.00. The quantitative estimate of drug-likeness (QED) is 0.421. The zero-order valence-corrected chi connectivity index (χ0v) is 16.3. The molecule has 0 atom stereocenters. The topological polar surface area (TPSA) is 62.9 Å². The van der Waals surface area contributed by atoms with Gasteiger partial charge in [-0.3, -0.25) is 9.89 Å². The second kappa shape index (κ2) is 9.39. The number of benzene rings is 1. The van der Waals surface area contributed by atoms with E-state index in [9.17, 15) is 0 Å². The zero-order chi connectivity index (χ0) is 17.4. The normalized spacial score (nSPS) is 17.0. The monoisotopic (exact) mass is 396 g/mol. The third-order valence-electron chi connectivity index (χ3n) is 4.33. The second-order valence-electron chi connectivity index (χ2n) is 6.83. The summed E-state index contributed by atoms with van der Waals surface area (Å²) < 4.78 is 6.44. The number of halogens is 1. The van der Waals surface area contributed by atoms with Crippen LogP contribution in [-0.2, 0) is 10.2 Å². The highest BCUT2D eigenvalue weighted by atomic mass is 79.9. The van der Waals surface area contributed by atoms with Crippen molar-refractivity contribution in [2.24, 2.45) is 10.7 Å². The van der Waals surface area contributed by atoms with Gasteiger partial charge in [0.25, 0.3) is 0 Å². The van der Waals surface area contributed by atoms with Gasteiger partial charge >= 0.3 is 0 Å². The van der Waals surface area contributed by atoms with Gasteiger partial charge in [0, 0.05) is 29.5 Å². The minimum Gasteiger partial charge on any atom is -0.379 e. The van der Waals surface area contributed by atoms with Gasteiger partial charge in [-0.2, -0.15) is 0 Å². The number of hydrogen-bond donors (Lipinski definition) is 2. The lowest BCUT2D eigenvalue weighted by atomic mass is 9.85. The van der Waals surface area contributed by atoms with Gasteiger partial charge in [-0.25, -0.2) is 0 Å². The molecule has 1 aromatic carbocycles. The van der Waals surface area contributed by atoms with Crippen LogP contribution in [0.3, 0.4) is 0 Å². The third-order valence-corrected chi connectivity index (χ3v) is 4.86. The number of nitrogens with one attached hydrogen (secondary N) is 1. The number of guanidine groups is 1. The maximum Gasteiger partial charge on any atom is 0.188 e. The molecule has 0 amide bonds. The molecule has 0 aliphatic carbocycles. The molecule has 0 unspecified atom stereocenters. The molecule has 24 heavy (non-hydrogen) atoms.